The maximum atomic E-state index is 6.56. The fourth-order valence-electron chi connectivity index (χ4n) is 7.97. The number of allylic oxidation sites excluding steroid dienone is 4. The number of aromatic nitrogens is 3. The number of fused-ring (bicyclic) bond motifs is 8. The summed E-state index contributed by atoms with van der Waals surface area (Å²) in [5.74, 6) is 2.06. The molecule has 1 aliphatic rings. The average molecular weight is 694 g/mol. The lowest BCUT2D eigenvalue weighted by molar-refractivity contribution is 0.668. The van der Waals surface area contributed by atoms with E-state index in [-0.39, 0.29) is 5.92 Å². The Morgan fingerprint density at radius 2 is 1.13 bits per heavy atom. The van der Waals surface area contributed by atoms with Crippen LogP contribution in [-0.4, -0.2) is 15.0 Å². The summed E-state index contributed by atoms with van der Waals surface area (Å²) in [4.78, 5) is 15.3. The third-order valence-corrected chi connectivity index (χ3v) is 10.7. The Morgan fingerprint density at radius 1 is 0.463 bits per heavy atom. The van der Waals surface area contributed by atoms with Gasteiger partial charge >= 0.3 is 0 Å². The van der Waals surface area contributed by atoms with Crippen LogP contribution in [0.5, 0.6) is 0 Å². The van der Waals surface area contributed by atoms with Crippen molar-refractivity contribution in [3.63, 3.8) is 0 Å². The Morgan fingerprint density at radius 3 is 1.87 bits per heavy atom. The van der Waals surface area contributed by atoms with E-state index in [1.807, 2.05) is 48.5 Å². The van der Waals surface area contributed by atoms with Crippen LogP contribution in [0.15, 0.2) is 179 Å². The molecular formula is C49H31N3O2. The second kappa shape index (κ2) is 12.2. The highest BCUT2D eigenvalue weighted by atomic mass is 16.3. The summed E-state index contributed by atoms with van der Waals surface area (Å²) in [6, 6.07) is 52.3. The Balaban J connectivity index is 1.00. The van der Waals surface area contributed by atoms with Gasteiger partial charge in [-0.1, -0.05) is 133 Å². The van der Waals surface area contributed by atoms with Crippen molar-refractivity contribution in [2.45, 2.75) is 12.3 Å². The molecule has 5 heteroatoms. The van der Waals surface area contributed by atoms with Crippen LogP contribution in [-0.2, 0) is 0 Å². The second-order valence-corrected chi connectivity index (χ2v) is 13.9. The fraction of sp³-hybridized carbons (Fsp3) is 0.0408. The number of rotatable bonds is 5. The summed E-state index contributed by atoms with van der Waals surface area (Å²) in [6.07, 6.45) is 7.49. The average Bonchev–Trinajstić information content (AvgIpc) is 3.82. The Hall–Kier alpha value is -7.11. The molecule has 0 bridgehead atoms. The minimum atomic E-state index is 0.0207. The van der Waals surface area contributed by atoms with Gasteiger partial charge in [0.15, 0.2) is 11.6 Å². The molecule has 0 saturated carbocycles. The summed E-state index contributed by atoms with van der Waals surface area (Å²) < 4.78 is 13.0. The van der Waals surface area contributed by atoms with Crippen molar-refractivity contribution in [1.82, 2.24) is 15.0 Å². The maximum absolute atomic E-state index is 6.56. The zero-order valence-electron chi connectivity index (χ0n) is 29.1. The zero-order valence-corrected chi connectivity index (χ0v) is 29.1. The first-order valence-corrected chi connectivity index (χ1v) is 18.3. The first-order valence-electron chi connectivity index (χ1n) is 18.3. The van der Waals surface area contributed by atoms with Crippen molar-refractivity contribution in [2.24, 2.45) is 0 Å². The molecule has 11 rings (SSSR count). The highest BCUT2D eigenvalue weighted by molar-refractivity contribution is 6.19. The number of hydrogen-bond acceptors (Lipinski definition) is 5. The minimum absolute atomic E-state index is 0.0207. The summed E-state index contributed by atoms with van der Waals surface area (Å²) in [6.45, 7) is 0. The standard InChI is InChI=1S/C49H31N3O2/c1-3-10-30(11-4-1)31-18-20-34(21-19-31)48-50-47(33-13-5-2-6-14-33)51-49(52-48)40-16-9-17-41-46(40)39-26-23-36(29-44(39)53-41)35-22-25-38-43(28-35)54-42-27-24-32-12-7-8-15-37(32)45(38)42/h1-20,22-29,34H,21H2. The molecule has 3 heterocycles. The van der Waals surface area contributed by atoms with Gasteiger partial charge in [0.05, 0.1) is 0 Å². The van der Waals surface area contributed by atoms with Gasteiger partial charge in [-0.15, -0.1) is 0 Å². The molecule has 54 heavy (non-hydrogen) atoms. The van der Waals surface area contributed by atoms with Crippen LogP contribution in [0.4, 0.5) is 0 Å². The lowest BCUT2D eigenvalue weighted by Gasteiger charge is -2.17. The van der Waals surface area contributed by atoms with E-state index >= 15 is 0 Å². The molecule has 254 valence electrons. The van der Waals surface area contributed by atoms with Crippen molar-refractivity contribution in [1.29, 1.82) is 0 Å². The van der Waals surface area contributed by atoms with Gasteiger partial charge in [-0.2, -0.15) is 0 Å². The van der Waals surface area contributed by atoms with E-state index in [2.05, 4.69) is 121 Å². The number of nitrogens with zero attached hydrogens (tertiary/aromatic N) is 3. The summed E-state index contributed by atoms with van der Waals surface area (Å²) in [7, 11) is 0. The fourth-order valence-corrected chi connectivity index (χ4v) is 7.97. The monoisotopic (exact) mass is 693 g/mol. The Bertz CT molecular complexity index is 3140. The van der Waals surface area contributed by atoms with Crippen LogP contribution < -0.4 is 0 Å². The van der Waals surface area contributed by atoms with Crippen LogP contribution >= 0.6 is 0 Å². The number of furan rings is 2. The van der Waals surface area contributed by atoms with Crippen molar-refractivity contribution >= 4 is 60.2 Å². The first kappa shape index (κ1) is 30.5. The van der Waals surface area contributed by atoms with E-state index in [0.29, 0.717) is 11.6 Å². The SMILES string of the molecule is C1=CC(c2nc(-c3ccccc3)nc(-c3cccc4oc5cc(-c6ccc7c(c6)oc6ccc8ccccc8c67)ccc5c34)n2)CC=C1c1ccccc1. The highest BCUT2D eigenvalue weighted by Gasteiger charge is 2.22. The normalized spacial score (nSPS) is 14.4. The topological polar surface area (TPSA) is 65.0 Å². The Kier molecular flexibility index (Phi) is 6.92. The Labute approximate surface area is 310 Å². The minimum Gasteiger partial charge on any atom is -0.456 e. The second-order valence-electron chi connectivity index (χ2n) is 13.9. The predicted octanol–water partition coefficient (Wildman–Crippen LogP) is 13.0. The van der Waals surface area contributed by atoms with Gasteiger partial charge < -0.3 is 8.83 Å². The van der Waals surface area contributed by atoms with E-state index in [9.17, 15) is 0 Å². The van der Waals surface area contributed by atoms with Crippen molar-refractivity contribution < 1.29 is 8.83 Å². The van der Waals surface area contributed by atoms with E-state index in [4.69, 9.17) is 23.8 Å². The van der Waals surface area contributed by atoms with Crippen LogP contribution in [0, 0.1) is 0 Å². The van der Waals surface area contributed by atoms with Crippen LogP contribution in [0.2, 0.25) is 0 Å². The molecule has 5 nitrogen and oxygen atoms in total. The largest absolute Gasteiger partial charge is 0.456 e. The third kappa shape index (κ3) is 5.05. The molecule has 10 aromatic rings. The van der Waals surface area contributed by atoms with Crippen LogP contribution in [0.3, 0.4) is 0 Å². The highest BCUT2D eigenvalue weighted by Crippen LogP contribution is 2.40. The van der Waals surface area contributed by atoms with Gasteiger partial charge in [-0.3, -0.25) is 0 Å². The first-order chi connectivity index (χ1) is 26.7. The van der Waals surface area contributed by atoms with Crippen LogP contribution in [0.1, 0.15) is 23.7 Å². The molecule has 1 unspecified atom stereocenters. The quantitative estimate of drug-likeness (QED) is 0.179. The maximum Gasteiger partial charge on any atom is 0.164 e. The third-order valence-electron chi connectivity index (χ3n) is 10.7. The van der Waals surface area contributed by atoms with E-state index < -0.39 is 0 Å². The van der Waals surface area contributed by atoms with Crippen LogP contribution in [0.25, 0.3) is 94.1 Å². The lowest BCUT2D eigenvalue weighted by atomic mass is 9.92. The van der Waals surface area contributed by atoms with Gasteiger partial charge in [0.1, 0.15) is 28.2 Å². The lowest BCUT2D eigenvalue weighted by Crippen LogP contribution is -2.08. The van der Waals surface area contributed by atoms with E-state index in [1.165, 1.54) is 21.9 Å². The number of benzene rings is 7. The molecule has 0 aliphatic heterocycles. The van der Waals surface area contributed by atoms with Gasteiger partial charge in [0.25, 0.3) is 0 Å². The number of hydrogen-bond donors (Lipinski definition) is 0. The molecule has 0 N–H and O–H groups in total. The van der Waals surface area contributed by atoms with E-state index in [0.717, 1.165) is 78.4 Å². The molecule has 0 spiro atoms. The molecule has 0 saturated heterocycles. The van der Waals surface area contributed by atoms with Gasteiger partial charge in [0, 0.05) is 38.6 Å². The molecule has 0 radical (unpaired) electrons. The van der Waals surface area contributed by atoms with Crippen molar-refractivity contribution in [3.8, 4) is 33.9 Å². The van der Waals surface area contributed by atoms with Gasteiger partial charge in [-0.05, 0) is 75.9 Å². The summed E-state index contributed by atoms with van der Waals surface area (Å²) >= 11 is 0. The van der Waals surface area contributed by atoms with Crippen molar-refractivity contribution in [3.05, 3.63) is 181 Å². The van der Waals surface area contributed by atoms with Gasteiger partial charge in [-0.25, -0.2) is 15.0 Å². The summed E-state index contributed by atoms with van der Waals surface area (Å²) in [5, 5.41) is 6.67. The molecule has 7 aromatic carbocycles. The smallest absolute Gasteiger partial charge is 0.164 e. The molecule has 3 aromatic heterocycles. The van der Waals surface area contributed by atoms with E-state index in [1.54, 1.807) is 0 Å². The van der Waals surface area contributed by atoms with Crippen molar-refractivity contribution in [2.75, 3.05) is 0 Å². The summed E-state index contributed by atoms with van der Waals surface area (Å²) in [5.41, 5.74) is 9.75. The van der Waals surface area contributed by atoms with Gasteiger partial charge in [0.2, 0.25) is 0 Å². The predicted molar refractivity (Wildman–Crippen MR) is 219 cm³/mol. The molecule has 0 fully saturated rings. The molecular weight excluding hydrogens is 663 g/mol. The molecule has 1 atom stereocenters. The molecule has 0 amide bonds. The zero-order chi connectivity index (χ0) is 35.6. The molecule has 1 aliphatic carbocycles.